The third-order valence-electron chi connectivity index (χ3n) is 3.04. The highest BCUT2D eigenvalue weighted by Crippen LogP contribution is 2.18. The Balaban J connectivity index is 2.25. The average Bonchev–Trinajstić information content (AvgIpc) is 2.79. The minimum Gasteiger partial charge on any atom is -0.477 e. The van der Waals surface area contributed by atoms with Gasteiger partial charge in [-0.3, -0.25) is 0 Å². The molecule has 0 aliphatic rings. The van der Waals surface area contributed by atoms with Gasteiger partial charge in [0.2, 0.25) is 0 Å². The Morgan fingerprint density at radius 2 is 2.05 bits per heavy atom. The zero-order valence-corrected chi connectivity index (χ0v) is 10.8. The molecular formula is C14H17N3O2. The number of carbonyl (C=O) groups is 1. The zero-order valence-electron chi connectivity index (χ0n) is 10.8. The first kappa shape index (κ1) is 13.1. The second-order valence-corrected chi connectivity index (χ2v) is 4.43. The molecule has 5 nitrogen and oxygen atoms in total. The molecule has 0 saturated carbocycles. The molecule has 2 rings (SSSR count). The van der Waals surface area contributed by atoms with Crippen LogP contribution in [0.4, 0.5) is 5.82 Å². The third-order valence-corrected chi connectivity index (χ3v) is 3.04. The van der Waals surface area contributed by atoms with Crippen LogP contribution in [0.5, 0.6) is 0 Å². The van der Waals surface area contributed by atoms with Crippen molar-refractivity contribution >= 4 is 11.8 Å². The highest BCUT2D eigenvalue weighted by Gasteiger charge is 2.14. The molecule has 100 valence electrons. The largest absolute Gasteiger partial charge is 0.477 e. The molecule has 1 aromatic heterocycles. The van der Waals surface area contributed by atoms with Crippen LogP contribution in [0.25, 0.3) is 5.69 Å². The Morgan fingerprint density at radius 3 is 2.58 bits per heavy atom. The first-order valence-electron chi connectivity index (χ1n) is 6.29. The van der Waals surface area contributed by atoms with Crippen LogP contribution in [0.2, 0.25) is 0 Å². The van der Waals surface area contributed by atoms with E-state index in [1.54, 1.807) is 0 Å². The van der Waals surface area contributed by atoms with Crippen molar-refractivity contribution in [3.05, 3.63) is 41.6 Å². The lowest BCUT2D eigenvalue weighted by Crippen LogP contribution is -2.05. The number of nitrogens with two attached hydrogens (primary N) is 1. The second kappa shape index (κ2) is 5.56. The van der Waals surface area contributed by atoms with Gasteiger partial charge in [0.1, 0.15) is 11.4 Å². The summed E-state index contributed by atoms with van der Waals surface area (Å²) in [6.45, 7) is 2.16. The van der Waals surface area contributed by atoms with E-state index in [4.69, 9.17) is 10.8 Å². The summed E-state index contributed by atoms with van der Waals surface area (Å²) in [7, 11) is 0. The zero-order chi connectivity index (χ0) is 13.8. The highest BCUT2D eigenvalue weighted by molar-refractivity contribution is 5.92. The lowest BCUT2D eigenvalue weighted by atomic mass is 10.1. The topological polar surface area (TPSA) is 81.1 Å². The molecule has 0 radical (unpaired) electrons. The van der Waals surface area contributed by atoms with Gasteiger partial charge in [0.05, 0.1) is 11.9 Å². The van der Waals surface area contributed by atoms with Crippen molar-refractivity contribution in [2.24, 2.45) is 0 Å². The van der Waals surface area contributed by atoms with Crippen LogP contribution in [-0.2, 0) is 6.42 Å². The monoisotopic (exact) mass is 259 g/mol. The molecule has 0 unspecified atom stereocenters. The molecule has 0 amide bonds. The molecule has 0 aliphatic heterocycles. The summed E-state index contributed by atoms with van der Waals surface area (Å²) in [6.07, 6.45) is 4.64. The van der Waals surface area contributed by atoms with Crippen LogP contribution in [0.15, 0.2) is 30.5 Å². The molecule has 0 fully saturated rings. The maximum Gasteiger partial charge on any atom is 0.341 e. The fraction of sp³-hybridized carbons (Fsp3) is 0.286. The van der Waals surface area contributed by atoms with Gasteiger partial charge in [0, 0.05) is 0 Å². The van der Waals surface area contributed by atoms with Gasteiger partial charge in [-0.1, -0.05) is 25.5 Å². The lowest BCUT2D eigenvalue weighted by molar-refractivity contribution is 0.0698. The Labute approximate surface area is 111 Å². The lowest BCUT2D eigenvalue weighted by Gasteiger charge is -2.06. The van der Waals surface area contributed by atoms with Crippen molar-refractivity contribution in [3.63, 3.8) is 0 Å². The molecule has 1 aromatic carbocycles. The summed E-state index contributed by atoms with van der Waals surface area (Å²) in [5.41, 5.74) is 7.83. The van der Waals surface area contributed by atoms with Crippen LogP contribution >= 0.6 is 0 Å². The number of anilines is 1. The van der Waals surface area contributed by atoms with Crippen molar-refractivity contribution in [3.8, 4) is 5.69 Å². The van der Waals surface area contributed by atoms with E-state index in [9.17, 15) is 4.79 Å². The summed E-state index contributed by atoms with van der Waals surface area (Å²) in [4.78, 5) is 10.9. The molecule has 19 heavy (non-hydrogen) atoms. The van der Waals surface area contributed by atoms with Crippen LogP contribution in [0, 0.1) is 0 Å². The summed E-state index contributed by atoms with van der Waals surface area (Å²) in [5.74, 6) is -0.919. The molecular weight excluding hydrogens is 242 g/mol. The Hall–Kier alpha value is -2.30. The van der Waals surface area contributed by atoms with E-state index < -0.39 is 5.97 Å². The Morgan fingerprint density at radius 1 is 1.37 bits per heavy atom. The predicted octanol–water partition coefficient (Wildman–Crippen LogP) is 2.50. The summed E-state index contributed by atoms with van der Waals surface area (Å²) < 4.78 is 1.44. The molecule has 2 aromatic rings. The minimum atomic E-state index is -1.07. The Kier molecular flexibility index (Phi) is 3.85. The van der Waals surface area contributed by atoms with E-state index in [-0.39, 0.29) is 11.4 Å². The maximum atomic E-state index is 10.9. The average molecular weight is 259 g/mol. The van der Waals surface area contributed by atoms with Gasteiger partial charge in [-0.25, -0.2) is 9.48 Å². The number of nitrogen functional groups attached to an aromatic ring is 1. The van der Waals surface area contributed by atoms with E-state index in [0.29, 0.717) is 0 Å². The standard InChI is InChI=1S/C14H17N3O2/c1-2-3-4-10-5-7-11(8-6-10)17-13(15)12(9-16-17)14(18)19/h5-9H,2-4,15H2,1H3,(H,18,19). The first-order valence-corrected chi connectivity index (χ1v) is 6.29. The molecule has 0 spiro atoms. The van der Waals surface area contributed by atoms with E-state index in [1.165, 1.54) is 16.4 Å². The second-order valence-electron chi connectivity index (χ2n) is 4.43. The normalized spacial score (nSPS) is 10.6. The predicted molar refractivity (Wildman–Crippen MR) is 73.5 cm³/mol. The van der Waals surface area contributed by atoms with Crippen molar-refractivity contribution in [1.82, 2.24) is 9.78 Å². The molecule has 1 heterocycles. The number of aryl methyl sites for hydroxylation is 1. The number of hydrogen-bond acceptors (Lipinski definition) is 3. The first-order chi connectivity index (χ1) is 9.13. The molecule has 0 bridgehead atoms. The summed E-state index contributed by atoms with van der Waals surface area (Å²) in [5, 5.41) is 12.9. The van der Waals surface area contributed by atoms with Crippen molar-refractivity contribution < 1.29 is 9.90 Å². The van der Waals surface area contributed by atoms with E-state index in [1.807, 2.05) is 24.3 Å². The van der Waals surface area contributed by atoms with Gasteiger partial charge < -0.3 is 10.8 Å². The van der Waals surface area contributed by atoms with Crippen LogP contribution in [-0.4, -0.2) is 20.9 Å². The van der Waals surface area contributed by atoms with E-state index in [2.05, 4.69) is 12.0 Å². The number of unbranched alkanes of at least 4 members (excludes halogenated alkanes) is 1. The smallest absolute Gasteiger partial charge is 0.341 e. The van der Waals surface area contributed by atoms with Crippen molar-refractivity contribution in [1.29, 1.82) is 0 Å². The SMILES string of the molecule is CCCCc1ccc(-n2ncc(C(=O)O)c2N)cc1. The van der Waals surface area contributed by atoms with Gasteiger partial charge >= 0.3 is 5.97 Å². The van der Waals surface area contributed by atoms with Gasteiger partial charge in [0.15, 0.2) is 0 Å². The van der Waals surface area contributed by atoms with Crippen LogP contribution in [0.3, 0.4) is 0 Å². The number of hydrogen-bond donors (Lipinski definition) is 2. The van der Waals surface area contributed by atoms with Gasteiger partial charge in [-0.2, -0.15) is 5.10 Å². The maximum absolute atomic E-state index is 10.9. The molecule has 0 saturated heterocycles. The molecule has 0 atom stereocenters. The van der Waals surface area contributed by atoms with E-state index in [0.717, 1.165) is 24.9 Å². The quantitative estimate of drug-likeness (QED) is 0.864. The number of aromatic nitrogens is 2. The minimum absolute atomic E-state index is 0.0232. The van der Waals surface area contributed by atoms with Gasteiger partial charge in [-0.15, -0.1) is 0 Å². The molecule has 5 heteroatoms. The van der Waals surface area contributed by atoms with Gasteiger partial charge in [-0.05, 0) is 30.5 Å². The number of nitrogens with zero attached hydrogens (tertiary/aromatic N) is 2. The molecule has 3 N–H and O–H groups in total. The summed E-state index contributed by atoms with van der Waals surface area (Å²) >= 11 is 0. The number of carboxylic acids is 1. The van der Waals surface area contributed by atoms with Gasteiger partial charge in [0.25, 0.3) is 0 Å². The number of carboxylic acid groups (broad SMARTS) is 1. The summed E-state index contributed by atoms with van der Waals surface area (Å²) in [6, 6.07) is 7.85. The molecule has 0 aliphatic carbocycles. The highest BCUT2D eigenvalue weighted by atomic mass is 16.4. The fourth-order valence-electron chi connectivity index (χ4n) is 1.91. The van der Waals surface area contributed by atoms with E-state index >= 15 is 0 Å². The number of aromatic carboxylic acids is 1. The third kappa shape index (κ3) is 2.76. The number of rotatable bonds is 5. The van der Waals surface area contributed by atoms with Crippen molar-refractivity contribution in [2.45, 2.75) is 26.2 Å². The number of benzene rings is 1. The van der Waals surface area contributed by atoms with Crippen molar-refractivity contribution in [2.75, 3.05) is 5.73 Å². The fourth-order valence-corrected chi connectivity index (χ4v) is 1.91. The van der Waals surface area contributed by atoms with Crippen LogP contribution < -0.4 is 5.73 Å². The Bertz CT molecular complexity index is 573. The van der Waals surface area contributed by atoms with Crippen LogP contribution in [0.1, 0.15) is 35.7 Å².